The number of nitro groups is 1. The van der Waals surface area contributed by atoms with E-state index in [1.807, 2.05) is 24.3 Å². The predicted molar refractivity (Wildman–Crippen MR) is 87.8 cm³/mol. The van der Waals surface area contributed by atoms with Crippen LogP contribution in [0.3, 0.4) is 0 Å². The smallest absolute Gasteiger partial charge is 0.271 e. The number of hydrogen-bond donors (Lipinski definition) is 2. The Bertz CT molecular complexity index is 703. The third-order valence-electron chi connectivity index (χ3n) is 2.53. The molecule has 6 nitrogen and oxygen atoms in total. The standard InChI is InChI=1S/C13H9Br2N3O3/c14-9-1-3-10(4-2-9)17-16-7-8-5-11(18(20)21)6-12(15)13(8)19/h1-7,17,19H. The molecule has 0 aliphatic rings. The van der Waals surface area contributed by atoms with Gasteiger partial charge in [0.2, 0.25) is 0 Å². The molecule has 8 heteroatoms. The van der Waals surface area contributed by atoms with Crippen molar-refractivity contribution >= 4 is 49.4 Å². The molecular weight excluding hydrogens is 406 g/mol. The van der Waals surface area contributed by atoms with Crippen molar-refractivity contribution < 1.29 is 10.0 Å². The zero-order valence-corrected chi connectivity index (χ0v) is 13.6. The normalized spacial score (nSPS) is 10.8. The van der Waals surface area contributed by atoms with E-state index in [1.165, 1.54) is 18.3 Å². The Morgan fingerprint density at radius 1 is 1.24 bits per heavy atom. The molecule has 0 fully saturated rings. The average Bonchev–Trinajstić information content (AvgIpc) is 2.45. The van der Waals surface area contributed by atoms with Gasteiger partial charge in [0, 0.05) is 22.2 Å². The Kier molecular flexibility index (Phi) is 4.92. The summed E-state index contributed by atoms with van der Waals surface area (Å²) in [4.78, 5) is 10.2. The van der Waals surface area contributed by atoms with Crippen LogP contribution in [0.2, 0.25) is 0 Å². The van der Waals surface area contributed by atoms with Gasteiger partial charge in [-0.2, -0.15) is 5.10 Å². The molecule has 0 aromatic heterocycles. The van der Waals surface area contributed by atoms with Gasteiger partial charge in [-0.1, -0.05) is 15.9 Å². The number of phenols is 1. The molecule has 0 saturated heterocycles. The zero-order valence-electron chi connectivity index (χ0n) is 10.5. The Morgan fingerprint density at radius 3 is 2.52 bits per heavy atom. The summed E-state index contributed by atoms with van der Waals surface area (Å²) >= 11 is 6.39. The first-order valence-electron chi connectivity index (χ1n) is 5.69. The van der Waals surface area contributed by atoms with Crippen molar-refractivity contribution in [3.63, 3.8) is 0 Å². The van der Waals surface area contributed by atoms with Gasteiger partial charge < -0.3 is 5.11 Å². The molecule has 0 aliphatic heterocycles. The Balaban J connectivity index is 2.20. The van der Waals surface area contributed by atoms with Crippen LogP contribution in [0, 0.1) is 10.1 Å². The number of hydrazone groups is 1. The van der Waals surface area contributed by atoms with Crippen molar-refractivity contribution in [2.24, 2.45) is 5.10 Å². The lowest BCUT2D eigenvalue weighted by Crippen LogP contribution is -1.94. The number of aromatic hydroxyl groups is 1. The molecule has 108 valence electrons. The molecule has 0 bridgehead atoms. The molecule has 2 aromatic rings. The fraction of sp³-hybridized carbons (Fsp3) is 0. The summed E-state index contributed by atoms with van der Waals surface area (Å²) < 4.78 is 1.18. The van der Waals surface area contributed by atoms with Crippen LogP contribution < -0.4 is 5.43 Å². The number of non-ortho nitro benzene ring substituents is 1. The Labute approximate surface area is 136 Å². The highest BCUT2D eigenvalue weighted by atomic mass is 79.9. The van der Waals surface area contributed by atoms with E-state index >= 15 is 0 Å². The number of hydrogen-bond acceptors (Lipinski definition) is 5. The van der Waals surface area contributed by atoms with Crippen molar-refractivity contribution in [3.8, 4) is 5.75 Å². The van der Waals surface area contributed by atoms with Crippen LogP contribution in [0.15, 0.2) is 50.4 Å². The second kappa shape index (κ2) is 6.68. The van der Waals surface area contributed by atoms with Gasteiger partial charge in [-0.05, 0) is 40.2 Å². The first-order valence-corrected chi connectivity index (χ1v) is 7.27. The lowest BCUT2D eigenvalue weighted by Gasteiger charge is -2.03. The molecule has 0 spiro atoms. The van der Waals surface area contributed by atoms with Crippen molar-refractivity contribution in [1.29, 1.82) is 0 Å². The molecule has 0 radical (unpaired) electrons. The second-order valence-electron chi connectivity index (χ2n) is 4.00. The van der Waals surface area contributed by atoms with Gasteiger partial charge >= 0.3 is 0 Å². The summed E-state index contributed by atoms with van der Waals surface area (Å²) in [7, 11) is 0. The molecule has 21 heavy (non-hydrogen) atoms. The maximum atomic E-state index is 10.8. The van der Waals surface area contributed by atoms with Crippen LogP contribution in [-0.2, 0) is 0 Å². The topological polar surface area (TPSA) is 87.8 Å². The SMILES string of the molecule is O=[N+]([O-])c1cc(Br)c(O)c(C=NNc2ccc(Br)cc2)c1. The fourth-order valence-corrected chi connectivity index (χ4v) is 2.24. The maximum absolute atomic E-state index is 10.8. The number of nitro benzene ring substituents is 1. The quantitative estimate of drug-likeness (QED) is 0.444. The first-order chi connectivity index (χ1) is 9.97. The highest BCUT2D eigenvalue weighted by molar-refractivity contribution is 9.10. The highest BCUT2D eigenvalue weighted by Crippen LogP contribution is 2.31. The van der Waals surface area contributed by atoms with E-state index in [4.69, 9.17) is 0 Å². The van der Waals surface area contributed by atoms with E-state index < -0.39 is 4.92 Å². The van der Waals surface area contributed by atoms with Gasteiger partial charge in [0.1, 0.15) is 5.75 Å². The van der Waals surface area contributed by atoms with Gasteiger partial charge in [0.25, 0.3) is 5.69 Å². The lowest BCUT2D eigenvalue weighted by molar-refractivity contribution is -0.385. The number of nitrogens with one attached hydrogen (secondary N) is 1. The number of phenolic OH excluding ortho intramolecular Hbond substituents is 1. The van der Waals surface area contributed by atoms with Crippen molar-refractivity contribution in [1.82, 2.24) is 0 Å². The van der Waals surface area contributed by atoms with Crippen molar-refractivity contribution in [2.75, 3.05) is 5.43 Å². The van der Waals surface area contributed by atoms with E-state index in [0.29, 0.717) is 0 Å². The van der Waals surface area contributed by atoms with Crippen LogP contribution in [0.5, 0.6) is 5.75 Å². The predicted octanol–water partition coefficient (Wildman–Crippen LogP) is 4.27. The molecule has 0 unspecified atom stereocenters. The third-order valence-corrected chi connectivity index (χ3v) is 3.66. The van der Waals surface area contributed by atoms with E-state index in [-0.39, 0.29) is 21.5 Å². The van der Waals surface area contributed by atoms with E-state index in [1.54, 1.807) is 0 Å². The first kappa shape index (κ1) is 15.5. The molecule has 0 heterocycles. The molecule has 0 aliphatic carbocycles. The van der Waals surface area contributed by atoms with E-state index in [0.717, 1.165) is 10.2 Å². The summed E-state index contributed by atoms with van der Waals surface area (Å²) in [6, 6.07) is 9.79. The van der Waals surface area contributed by atoms with E-state index in [2.05, 4.69) is 42.4 Å². The lowest BCUT2D eigenvalue weighted by atomic mass is 10.2. The minimum absolute atomic E-state index is 0.109. The molecule has 2 N–H and O–H groups in total. The molecule has 2 rings (SSSR count). The summed E-state index contributed by atoms with van der Waals surface area (Å²) in [5.74, 6) is -0.109. The van der Waals surface area contributed by atoms with Crippen LogP contribution in [0.25, 0.3) is 0 Å². The van der Waals surface area contributed by atoms with Crippen molar-refractivity contribution in [2.45, 2.75) is 0 Å². The zero-order chi connectivity index (χ0) is 15.4. The summed E-state index contributed by atoms with van der Waals surface area (Å²) in [5.41, 5.74) is 3.62. The van der Waals surface area contributed by atoms with Crippen LogP contribution in [0.1, 0.15) is 5.56 Å². The molecule has 0 amide bonds. The number of benzene rings is 2. The summed E-state index contributed by atoms with van der Waals surface area (Å²) in [5, 5.41) is 24.6. The minimum Gasteiger partial charge on any atom is -0.506 e. The monoisotopic (exact) mass is 413 g/mol. The van der Waals surface area contributed by atoms with Gasteiger partial charge in [-0.25, -0.2) is 0 Å². The van der Waals surface area contributed by atoms with Crippen LogP contribution >= 0.6 is 31.9 Å². The van der Waals surface area contributed by atoms with Gasteiger partial charge in [-0.15, -0.1) is 0 Å². The maximum Gasteiger partial charge on any atom is 0.271 e. The Morgan fingerprint density at radius 2 is 1.90 bits per heavy atom. The molecular formula is C13H9Br2N3O3. The van der Waals surface area contributed by atoms with Crippen molar-refractivity contribution in [3.05, 3.63) is 61.0 Å². The van der Waals surface area contributed by atoms with Gasteiger partial charge in [0.15, 0.2) is 0 Å². The number of rotatable bonds is 4. The van der Waals surface area contributed by atoms with Crippen LogP contribution in [-0.4, -0.2) is 16.2 Å². The number of anilines is 1. The number of halogens is 2. The largest absolute Gasteiger partial charge is 0.506 e. The van der Waals surface area contributed by atoms with Gasteiger partial charge in [0.05, 0.1) is 21.3 Å². The second-order valence-corrected chi connectivity index (χ2v) is 5.77. The molecule has 0 saturated carbocycles. The Hall–Kier alpha value is -1.93. The minimum atomic E-state index is -0.538. The summed E-state index contributed by atoms with van der Waals surface area (Å²) in [6.45, 7) is 0. The van der Waals surface area contributed by atoms with E-state index in [9.17, 15) is 15.2 Å². The fourth-order valence-electron chi connectivity index (χ4n) is 1.51. The molecule has 0 atom stereocenters. The number of nitrogens with zero attached hydrogens (tertiary/aromatic N) is 2. The van der Waals surface area contributed by atoms with Gasteiger partial charge in [-0.3, -0.25) is 15.5 Å². The highest BCUT2D eigenvalue weighted by Gasteiger charge is 2.13. The summed E-state index contributed by atoms with van der Waals surface area (Å²) in [6.07, 6.45) is 1.31. The molecule has 2 aromatic carbocycles. The average molecular weight is 415 g/mol. The third kappa shape index (κ3) is 4.02. The van der Waals surface area contributed by atoms with Crippen LogP contribution in [0.4, 0.5) is 11.4 Å².